The fraction of sp³-hybridized carbons (Fsp3) is 0.652. The van der Waals surface area contributed by atoms with E-state index in [9.17, 15) is 18.0 Å². The first-order valence-electron chi connectivity index (χ1n) is 10.9. The number of piperidine rings is 1. The molecule has 1 atom stereocenters. The number of hydrogen-bond donors (Lipinski definition) is 1. The summed E-state index contributed by atoms with van der Waals surface area (Å²) in [5, 5.41) is 2.74. The lowest BCUT2D eigenvalue weighted by Crippen LogP contribution is -2.42. The van der Waals surface area contributed by atoms with Crippen molar-refractivity contribution in [2.75, 3.05) is 19.6 Å². The van der Waals surface area contributed by atoms with Gasteiger partial charge in [0.05, 0.1) is 10.8 Å². The van der Waals surface area contributed by atoms with E-state index in [-0.39, 0.29) is 29.3 Å². The van der Waals surface area contributed by atoms with Crippen molar-refractivity contribution in [1.29, 1.82) is 0 Å². The minimum Gasteiger partial charge on any atom is -0.452 e. The van der Waals surface area contributed by atoms with Gasteiger partial charge in [-0.2, -0.15) is 4.31 Å². The molecular weight excluding hydrogens is 416 g/mol. The van der Waals surface area contributed by atoms with Gasteiger partial charge >= 0.3 is 5.97 Å². The van der Waals surface area contributed by atoms with Crippen LogP contribution < -0.4 is 5.32 Å². The van der Waals surface area contributed by atoms with Gasteiger partial charge in [-0.05, 0) is 48.8 Å². The highest BCUT2D eigenvalue weighted by molar-refractivity contribution is 7.89. The van der Waals surface area contributed by atoms with Gasteiger partial charge in [-0.3, -0.25) is 9.59 Å². The Morgan fingerprint density at radius 1 is 1.10 bits per heavy atom. The van der Waals surface area contributed by atoms with Gasteiger partial charge in [-0.15, -0.1) is 0 Å². The zero-order chi connectivity index (χ0) is 23.4. The van der Waals surface area contributed by atoms with Gasteiger partial charge in [-0.1, -0.05) is 46.8 Å². The molecule has 1 aromatic carbocycles. The number of ether oxygens (including phenoxy) is 1. The highest BCUT2D eigenvalue weighted by Crippen LogP contribution is 2.27. The van der Waals surface area contributed by atoms with Crippen LogP contribution in [0.3, 0.4) is 0 Å². The van der Waals surface area contributed by atoms with Crippen LogP contribution >= 0.6 is 0 Å². The summed E-state index contributed by atoms with van der Waals surface area (Å²) in [7, 11) is -3.61. The van der Waals surface area contributed by atoms with Crippen LogP contribution in [0, 0.1) is 11.8 Å². The molecular formula is C23H36N2O5S. The third kappa shape index (κ3) is 6.77. The number of carbonyl (C=O) groups excluding carboxylic acids is 2. The summed E-state index contributed by atoms with van der Waals surface area (Å²) in [5.74, 6) is -0.864. The lowest BCUT2D eigenvalue weighted by molar-refractivity contribution is -0.159. The molecule has 1 aromatic rings. The molecule has 174 valence electrons. The van der Waals surface area contributed by atoms with Gasteiger partial charge in [-0.25, -0.2) is 8.42 Å². The summed E-state index contributed by atoms with van der Waals surface area (Å²) in [4.78, 5) is 24.7. The molecule has 1 amide bonds. The summed E-state index contributed by atoms with van der Waals surface area (Å²) in [6.45, 7) is 12.8. The fourth-order valence-electron chi connectivity index (χ4n) is 3.38. The highest BCUT2D eigenvalue weighted by Gasteiger charge is 2.34. The van der Waals surface area contributed by atoms with E-state index in [1.807, 2.05) is 26.0 Å². The number of nitrogens with zero attached hydrogens (tertiary/aromatic N) is 1. The number of rotatable bonds is 7. The van der Waals surface area contributed by atoms with Crippen molar-refractivity contribution >= 4 is 21.9 Å². The Balaban J connectivity index is 1.92. The molecule has 1 aliphatic heterocycles. The lowest BCUT2D eigenvalue weighted by Gasteiger charge is -2.30. The third-order valence-electron chi connectivity index (χ3n) is 5.49. The van der Waals surface area contributed by atoms with Gasteiger partial charge in [0, 0.05) is 19.6 Å². The molecule has 0 spiro atoms. The molecule has 0 aromatic heterocycles. The van der Waals surface area contributed by atoms with Crippen LogP contribution in [-0.4, -0.2) is 50.3 Å². The van der Waals surface area contributed by atoms with Crippen LogP contribution in [-0.2, 0) is 29.8 Å². The number of benzene rings is 1. The second kappa shape index (κ2) is 10.1. The molecule has 8 heteroatoms. The van der Waals surface area contributed by atoms with Crippen LogP contribution in [0.2, 0.25) is 0 Å². The van der Waals surface area contributed by atoms with Crippen molar-refractivity contribution in [3.05, 3.63) is 29.8 Å². The highest BCUT2D eigenvalue weighted by atomic mass is 32.2. The molecule has 1 aliphatic rings. The monoisotopic (exact) mass is 452 g/mol. The van der Waals surface area contributed by atoms with Gasteiger partial charge < -0.3 is 10.1 Å². The van der Waals surface area contributed by atoms with E-state index in [4.69, 9.17) is 4.74 Å². The van der Waals surface area contributed by atoms with Crippen LogP contribution in [0.1, 0.15) is 59.9 Å². The summed E-state index contributed by atoms with van der Waals surface area (Å²) < 4.78 is 32.7. The molecule has 31 heavy (non-hydrogen) atoms. The molecule has 0 saturated carbocycles. The Bertz CT molecular complexity index is 864. The van der Waals surface area contributed by atoms with Crippen LogP contribution in [0.5, 0.6) is 0 Å². The fourth-order valence-corrected chi connectivity index (χ4v) is 4.85. The van der Waals surface area contributed by atoms with Crippen molar-refractivity contribution in [2.45, 2.75) is 70.8 Å². The lowest BCUT2D eigenvalue weighted by atomic mass is 9.87. The van der Waals surface area contributed by atoms with E-state index in [0.29, 0.717) is 25.3 Å². The van der Waals surface area contributed by atoms with Crippen molar-refractivity contribution < 1.29 is 22.7 Å². The van der Waals surface area contributed by atoms with Gasteiger partial charge in [0.25, 0.3) is 5.91 Å². The smallest absolute Gasteiger partial charge is 0.309 e. The Kier molecular flexibility index (Phi) is 8.27. The van der Waals surface area contributed by atoms with E-state index in [0.717, 1.165) is 5.56 Å². The van der Waals surface area contributed by atoms with Crippen molar-refractivity contribution in [2.24, 2.45) is 11.8 Å². The van der Waals surface area contributed by atoms with Crippen LogP contribution in [0.4, 0.5) is 0 Å². The molecule has 7 nitrogen and oxygen atoms in total. The first-order chi connectivity index (χ1) is 14.3. The normalized spacial score (nSPS) is 17.4. The summed E-state index contributed by atoms with van der Waals surface area (Å²) >= 11 is 0. The van der Waals surface area contributed by atoms with Crippen molar-refractivity contribution in [1.82, 2.24) is 9.62 Å². The van der Waals surface area contributed by atoms with Crippen molar-refractivity contribution in [3.63, 3.8) is 0 Å². The van der Waals surface area contributed by atoms with Gasteiger partial charge in [0.1, 0.15) is 0 Å². The van der Waals surface area contributed by atoms with Gasteiger partial charge in [0.2, 0.25) is 10.0 Å². The first kappa shape index (κ1) is 25.3. The SMILES string of the molecule is CC(C)CNC(=O)C(C)OC(=O)C1CCN(S(=O)(=O)c2ccc(C(C)(C)C)cc2)CC1. The second-order valence-corrected chi connectivity index (χ2v) is 11.6. The summed E-state index contributed by atoms with van der Waals surface area (Å²) in [6.07, 6.45) is -0.119. The number of hydrogen-bond acceptors (Lipinski definition) is 5. The van der Waals surface area contributed by atoms with Crippen molar-refractivity contribution in [3.8, 4) is 0 Å². The Labute approximate surface area is 186 Å². The second-order valence-electron chi connectivity index (χ2n) is 9.67. The van der Waals surface area contributed by atoms with E-state index in [1.165, 1.54) is 4.31 Å². The zero-order valence-electron chi connectivity index (χ0n) is 19.5. The molecule has 1 fully saturated rings. The maximum Gasteiger partial charge on any atom is 0.309 e. The maximum atomic E-state index is 13.0. The molecule has 1 heterocycles. The average Bonchev–Trinajstić information content (AvgIpc) is 2.71. The topological polar surface area (TPSA) is 92.8 Å². The number of sulfonamides is 1. The molecule has 0 radical (unpaired) electrons. The first-order valence-corrected chi connectivity index (χ1v) is 12.3. The van der Waals surface area contributed by atoms with Crippen LogP contribution in [0.15, 0.2) is 29.2 Å². The largest absolute Gasteiger partial charge is 0.452 e. The van der Waals surface area contributed by atoms with E-state index >= 15 is 0 Å². The Morgan fingerprint density at radius 3 is 2.13 bits per heavy atom. The van der Waals surface area contributed by atoms with Gasteiger partial charge in [0.15, 0.2) is 6.10 Å². The van der Waals surface area contributed by atoms with E-state index in [1.54, 1.807) is 19.1 Å². The molecule has 1 unspecified atom stereocenters. The number of nitrogens with one attached hydrogen (secondary N) is 1. The number of amides is 1. The minimum absolute atomic E-state index is 0.0518. The molecule has 0 bridgehead atoms. The van der Waals surface area contributed by atoms with E-state index in [2.05, 4.69) is 26.1 Å². The molecule has 1 N–H and O–H groups in total. The molecule has 2 rings (SSSR count). The zero-order valence-corrected chi connectivity index (χ0v) is 20.3. The minimum atomic E-state index is -3.61. The Hall–Kier alpha value is -1.93. The van der Waals surface area contributed by atoms with E-state index < -0.39 is 28.0 Å². The summed E-state index contributed by atoms with van der Waals surface area (Å²) in [5.41, 5.74) is 1.02. The predicted octanol–water partition coefficient (Wildman–Crippen LogP) is 3.09. The molecule has 1 saturated heterocycles. The maximum absolute atomic E-state index is 13.0. The Morgan fingerprint density at radius 2 is 1.65 bits per heavy atom. The average molecular weight is 453 g/mol. The van der Waals surface area contributed by atoms with Crippen LogP contribution in [0.25, 0.3) is 0 Å². The third-order valence-corrected chi connectivity index (χ3v) is 7.40. The quantitative estimate of drug-likeness (QED) is 0.642. The summed E-state index contributed by atoms with van der Waals surface area (Å²) in [6, 6.07) is 6.99. The number of carbonyl (C=O) groups is 2. The molecule has 0 aliphatic carbocycles. The standard InChI is InChI=1S/C23H36N2O5S/c1-16(2)15-24-21(26)17(3)30-22(27)18-11-13-25(14-12-18)31(28,29)20-9-7-19(8-10-20)23(4,5)6/h7-10,16-18H,11-15H2,1-6H3,(H,24,26). The predicted molar refractivity (Wildman–Crippen MR) is 120 cm³/mol. The number of esters is 1.